The fourth-order valence-corrected chi connectivity index (χ4v) is 3.30. The molecule has 24 heavy (non-hydrogen) atoms. The van der Waals surface area contributed by atoms with Crippen LogP contribution in [0.1, 0.15) is 42.8 Å². The molecule has 7 nitrogen and oxygen atoms in total. The average molecular weight is 329 g/mol. The van der Waals surface area contributed by atoms with E-state index in [-0.39, 0.29) is 18.6 Å². The van der Waals surface area contributed by atoms with Crippen molar-refractivity contribution < 1.29 is 9.90 Å². The van der Waals surface area contributed by atoms with E-state index in [2.05, 4.69) is 20.8 Å². The molecule has 0 fully saturated rings. The maximum absolute atomic E-state index is 12.2. The van der Waals surface area contributed by atoms with Crippen molar-refractivity contribution >= 4 is 6.03 Å². The maximum atomic E-state index is 12.2. The van der Waals surface area contributed by atoms with Crippen LogP contribution in [0, 0.1) is 0 Å². The number of amides is 2. The van der Waals surface area contributed by atoms with Crippen molar-refractivity contribution in [3.8, 4) is 0 Å². The van der Waals surface area contributed by atoms with Crippen LogP contribution in [0.5, 0.6) is 0 Å². The van der Waals surface area contributed by atoms with Crippen LogP contribution in [0.15, 0.2) is 30.6 Å². The Bertz CT molecular complexity index is 729. The number of aliphatic hydroxyl groups is 1. The Kier molecular flexibility index (Phi) is 4.53. The number of hydrogen-bond donors (Lipinski definition) is 3. The highest BCUT2D eigenvalue weighted by Crippen LogP contribution is 2.34. The summed E-state index contributed by atoms with van der Waals surface area (Å²) in [6.45, 7) is 2.02. The van der Waals surface area contributed by atoms with Gasteiger partial charge in [-0.15, -0.1) is 10.2 Å². The van der Waals surface area contributed by atoms with Crippen molar-refractivity contribution in [3.05, 3.63) is 47.5 Å². The number of aryl methyl sites for hydroxylation is 2. The molecule has 3 rings (SSSR count). The first-order chi connectivity index (χ1) is 11.5. The lowest BCUT2D eigenvalue weighted by Gasteiger charge is -2.34. The summed E-state index contributed by atoms with van der Waals surface area (Å²) in [6, 6.07) is 7.28. The lowest BCUT2D eigenvalue weighted by Crippen LogP contribution is -2.46. The van der Waals surface area contributed by atoms with E-state index in [9.17, 15) is 9.90 Å². The van der Waals surface area contributed by atoms with Gasteiger partial charge in [0.1, 0.15) is 11.9 Å². The smallest absolute Gasteiger partial charge is 0.315 e. The van der Waals surface area contributed by atoms with Gasteiger partial charge in [-0.1, -0.05) is 24.3 Å². The standard InChI is InChI=1S/C17H23N5O2/c1-12(15-21-19-11-22(15)2)20-16(23)18-10-17(24)9-5-7-13-6-3-4-8-14(13)17/h3-4,6,8,11-12,24H,5,7,9-10H2,1-2H3,(H2,18,20,23). The van der Waals surface area contributed by atoms with Crippen molar-refractivity contribution in [2.24, 2.45) is 7.05 Å². The molecule has 3 N–H and O–H groups in total. The van der Waals surface area contributed by atoms with Crippen LogP contribution in [-0.2, 0) is 19.1 Å². The Morgan fingerprint density at radius 3 is 3.00 bits per heavy atom. The second-order valence-corrected chi connectivity index (χ2v) is 6.39. The zero-order valence-electron chi connectivity index (χ0n) is 14.0. The van der Waals surface area contributed by atoms with Crippen molar-refractivity contribution in [3.63, 3.8) is 0 Å². The molecule has 2 unspecified atom stereocenters. The normalized spacial score (nSPS) is 21.0. The van der Waals surface area contributed by atoms with E-state index < -0.39 is 5.60 Å². The van der Waals surface area contributed by atoms with Crippen LogP contribution in [0.25, 0.3) is 0 Å². The first-order valence-electron chi connectivity index (χ1n) is 8.18. The predicted molar refractivity (Wildman–Crippen MR) is 89.2 cm³/mol. The molecule has 128 valence electrons. The highest BCUT2D eigenvalue weighted by Gasteiger charge is 2.34. The van der Waals surface area contributed by atoms with Gasteiger partial charge in [0, 0.05) is 7.05 Å². The van der Waals surface area contributed by atoms with Crippen LogP contribution in [0.2, 0.25) is 0 Å². The van der Waals surface area contributed by atoms with E-state index in [1.807, 2.05) is 38.2 Å². The van der Waals surface area contributed by atoms with E-state index in [0.717, 1.165) is 24.0 Å². The Morgan fingerprint density at radius 2 is 2.25 bits per heavy atom. The molecule has 0 spiro atoms. The first-order valence-corrected chi connectivity index (χ1v) is 8.18. The van der Waals surface area contributed by atoms with E-state index in [1.54, 1.807) is 10.9 Å². The lowest BCUT2D eigenvalue weighted by atomic mass is 9.79. The summed E-state index contributed by atoms with van der Waals surface area (Å²) in [5.41, 5.74) is 1.05. The third-order valence-electron chi connectivity index (χ3n) is 4.58. The van der Waals surface area contributed by atoms with Crippen molar-refractivity contribution in [2.75, 3.05) is 6.54 Å². The van der Waals surface area contributed by atoms with Gasteiger partial charge in [0.15, 0.2) is 5.82 Å². The largest absolute Gasteiger partial charge is 0.383 e. The summed E-state index contributed by atoms with van der Waals surface area (Å²) >= 11 is 0. The average Bonchev–Trinajstić information content (AvgIpc) is 3.00. The molecule has 0 saturated carbocycles. The maximum Gasteiger partial charge on any atom is 0.315 e. The summed E-state index contributed by atoms with van der Waals surface area (Å²) in [5, 5.41) is 24.4. The number of hydrogen-bond acceptors (Lipinski definition) is 4. The second-order valence-electron chi connectivity index (χ2n) is 6.39. The molecule has 0 saturated heterocycles. The van der Waals surface area contributed by atoms with Crippen molar-refractivity contribution in [1.82, 2.24) is 25.4 Å². The summed E-state index contributed by atoms with van der Waals surface area (Å²) < 4.78 is 1.76. The summed E-state index contributed by atoms with van der Waals surface area (Å²) in [4.78, 5) is 12.2. The van der Waals surface area contributed by atoms with Gasteiger partial charge in [0.05, 0.1) is 12.6 Å². The van der Waals surface area contributed by atoms with E-state index >= 15 is 0 Å². The molecule has 1 aromatic heterocycles. The molecule has 0 radical (unpaired) electrons. The Balaban J connectivity index is 1.61. The monoisotopic (exact) mass is 329 g/mol. The Hall–Kier alpha value is -2.41. The number of aromatic nitrogens is 3. The van der Waals surface area contributed by atoms with E-state index in [4.69, 9.17) is 0 Å². The number of carbonyl (C=O) groups is 1. The number of rotatable bonds is 4. The fraction of sp³-hybridized carbons (Fsp3) is 0.471. The second kappa shape index (κ2) is 6.60. The number of fused-ring (bicyclic) bond motifs is 1. The van der Waals surface area contributed by atoms with Gasteiger partial charge in [-0.3, -0.25) is 0 Å². The summed E-state index contributed by atoms with van der Waals surface area (Å²) in [5.74, 6) is 0.673. The van der Waals surface area contributed by atoms with Gasteiger partial charge in [-0.05, 0) is 37.3 Å². The zero-order valence-corrected chi connectivity index (χ0v) is 14.0. The van der Waals surface area contributed by atoms with Gasteiger partial charge in [0.2, 0.25) is 0 Å². The topological polar surface area (TPSA) is 92.1 Å². The molecule has 1 aliphatic carbocycles. The molecule has 0 aliphatic heterocycles. The van der Waals surface area contributed by atoms with Crippen molar-refractivity contribution in [2.45, 2.75) is 37.8 Å². The molecule has 1 aliphatic rings. The predicted octanol–water partition coefficient (Wildman–Crippen LogP) is 1.40. The van der Waals surface area contributed by atoms with Crippen LogP contribution >= 0.6 is 0 Å². The van der Waals surface area contributed by atoms with Gasteiger partial charge in [-0.2, -0.15) is 0 Å². The van der Waals surface area contributed by atoms with Crippen molar-refractivity contribution in [1.29, 1.82) is 0 Å². The zero-order chi connectivity index (χ0) is 17.2. The molecular formula is C17H23N5O2. The molecule has 7 heteroatoms. The molecule has 2 aromatic rings. The highest BCUT2D eigenvalue weighted by molar-refractivity contribution is 5.74. The van der Waals surface area contributed by atoms with E-state index in [1.165, 1.54) is 0 Å². The third kappa shape index (κ3) is 3.26. The Labute approximate surface area is 141 Å². The molecular weight excluding hydrogens is 306 g/mol. The lowest BCUT2D eigenvalue weighted by molar-refractivity contribution is 0.0216. The molecule has 2 amide bonds. The number of carbonyl (C=O) groups excluding carboxylic acids is 1. The first kappa shape index (κ1) is 16.4. The molecule has 2 atom stereocenters. The molecule has 1 aromatic carbocycles. The summed E-state index contributed by atoms with van der Waals surface area (Å²) in [6.07, 6.45) is 4.11. The van der Waals surface area contributed by atoms with Gasteiger partial charge < -0.3 is 20.3 Å². The molecule has 1 heterocycles. The van der Waals surface area contributed by atoms with Gasteiger partial charge in [-0.25, -0.2) is 4.79 Å². The van der Waals surface area contributed by atoms with Crippen LogP contribution in [0.3, 0.4) is 0 Å². The number of benzene rings is 1. The Morgan fingerprint density at radius 1 is 1.46 bits per heavy atom. The number of nitrogens with zero attached hydrogens (tertiary/aromatic N) is 3. The molecule has 0 bridgehead atoms. The minimum absolute atomic E-state index is 0.182. The number of urea groups is 1. The fourth-order valence-electron chi connectivity index (χ4n) is 3.30. The van der Waals surface area contributed by atoms with Crippen LogP contribution in [0.4, 0.5) is 4.79 Å². The highest BCUT2D eigenvalue weighted by atomic mass is 16.3. The van der Waals surface area contributed by atoms with Gasteiger partial charge >= 0.3 is 6.03 Å². The third-order valence-corrected chi connectivity index (χ3v) is 4.58. The quantitative estimate of drug-likeness (QED) is 0.790. The van der Waals surface area contributed by atoms with Crippen LogP contribution < -0.4 is 10.6 Å². The number of nitrogens with one attached hydrogen (secondary N) is 2. The van der Waals surface area contributed by atoms with E-state index in [0.29, 0.717) is 12.2 Å². The van der Waals surface area contributed by atoms with Gasteiger partial charge in [0.25, 0.3) is 0 Å². The summed E-state index contributed by atoms with van der Waals surface area (Å²) in [7, 11) is 1.83. The SMILES string of the molecule is CC(NC(=O)NCC1(O)CCCc2ccccc21)c1nncn1C. The minimum Gasteiger partial charge on any atom is -0.383 e. The van der Waals surface area contributed by atoms with Crippen LogP contribution in [-0.4, -0.2) is 32.4 Å². The minimum atomic E-state index is -1.01.